The number of hydrogen-bond acceptors (Lipinski definition) is 7. The van der Waals surface area contributed by atoms with Gasteiger partial charge in [0.15, 0.2) is 6.10 Å². The molecule has 230 valence electrons. The third-order valence-electron chi connectivity index (χ3n) is 8.46. The maximum absolute atomic E-state index is 14.4. The first-order chi connectivity index (χ1) is 21.4. The number of benzene rings is 2. The van der Waals surface area contributed by atoms with Crippen LogP contribution >= 0.6 is 0 Å². The molecule has 44 heavy (non-hydrogen) atoms. The zero-order chi connectivity index (χ0) is 31.2. The number of aryl methyl sites for hydroxylation is 2. The van der Waals surface area contributed by atoms with Crippen molar-refractivity contribution in [3.63, 3.8) is 0 Å². The van der Waals surface area contributed by atoms with Crippen molar-refractivity contribution in [1.29, 1.82) is 5.26 Å². The van der Waals surface area contributed by atoms with Crippen molar-refractivity contribution in [3.8, 4) is 17.2 Å². The molecule has 0 amide bonds. The van der Waals surface area contributed by atoms with Crippen LogP contribution in [0, 0.1) is 18.3 Å². The van der Waals surface area contributed by atoms with Crippen molar-refractivity contribution < 1.29 is 14.3 Å². The zero-order valence-electron chi connectivity index (χ0n) is 26.1. The van der Waals surface area contributed by atoms with Gasteiger partial charge in [0, 0.05) is 18.0 Å². The van der Waals surface area contributed by atoms with Crippen molar-refractivity contribution >= 4 is 11.7 Å². The molecule has 1 saturated carbocycles. The summed E-state index contributed by atoms with van der Waals surface area (Å²) in [7, 11) is 0. The number of ether oxygens (including phenoxy) is 2. The minimum absolute atomic E-state index is 0.0189. The summed E-state index contributed by atoms with van der Waals surface area (Å²) in [5.74, 6) is 0.906. The lowest BCUT2D eigenvalue weighted by Crippen LogP contribution is -2.37. The number of carbonyl (C=O) groups excluding carboxylic acids is 1. The fourth-order valence-electron chi connectivity index (χ4n) is 6.29. The minimum atomic E-state index is -0.565. The van der Waals surface area contributed by atoms with E-state index >= 15 is 0 Å². The molecule has 0 N–H and O–H groups in total. The highest BCUT2D eigenvalue weighted by molar-refractivity contribution is 5.74. The smallest absolute Gasteiger partial charge is 0.335 e. The molecule has 1 atom stereocenters. The summed E-state index contributed by atoms with van der Waals surface area (Å²) in [6, 6.07) is 17.9. The highest BCUT2D eigenvalue weighted by Gasteiger charge is 2.31. The van der Waals surface area contributed by atoms with Crippen molar-refractivity contribution in [3.05, 3.63) is 87.1 Å². The van der Waals surface area contributed by atoms with Gasteiger partial charge in [0.2, 0.25) is 5.78 Å². The number of carbonyl (C=O) groups is 1. The number of nitriles is 1. The summed E-state index contributed by atoms with van der Waals surface area (Å²) in [5.41, 5.74) is 5.12. The Kier molecular flexibility index (Phi) is 9.91. The topological polar surface area (TPSA) is 112 Å². The Balaban J connectivity index is 1.45. The second kappa shape index (κ2) is 14.0. The molecule has 1 aliphatic carbocycles. The lowest BCUT2D eigenvalue weighted by atomic mass is 9.92. The van der Waals surface area contributed by atoms with Crippen LogP contribution in [0.3, 0.4) is 0 Å². The lowest BCUT2D eigenvalue weighted by molar-refractivity contribution is -0.162. The van der Waals surface area contributed by atoms with Crippen LogP contribution in [0.15, 0.2) is 53.3 Å². The van der Waals surface area contributed by atoms with Gasteiger partial charge in [-0.2, -0.15) is 15.3 Å². The van der Waals surface area contributed by atoms with Crippen LogP contribution in [0.25, 0.3) is 16.9 Å². The van der Waals surface area contributed by atoms with Crippen molar-refractivity contribution in [2.75, 3.05) is 6.61 Å². The summed E-state index contributed by atoms with van der Waals surface area (Å²) in [6.45, 7) is 8.02. The Bertz CT molecular complexity index is 1710. The Morgan fingerprint density at radius 2 is 1.80 bits per heavy atom. The molecule has 1 unspecified atom stereocenters. The predicted molar refractivity (Wildman–Crippen MR) is 168 cm³/mol. The predicted octanol–water partition coefficient (Wildman–Crippen LogP) is 6.12. The fraction of sp³-hybridized carbons (Fsp3) is 0.457. The summed E-state index contributed by atoms with van der Waals surface area (Å²) in [4.78, 5) is 31.4. The molecule has 0 aliphatic heterocycles. The molecule has 0 bridgehead atoms. The highest BCUT2D eigenvalue weighted by atomic mass is 16.6. The zero-order valence-corrected chi connectivity index (χ0v) is 26.1. The first kappa shape index (κ1) is 31.1. The molecule has 0 spiro atoms. The average Bonchev–Trinajstić information content (AvgIpc) is 3.43. The van der Waals surface area contributed by atoms with E-state index in [1.807, 2.05) is 71.5 Å². The minimum Gasteiger partial charge on any atom is -0.464 e. The van der Waals surface area contributed by atoms with Gasteiger partial charge in [-0.3, -0.25) is 9.36 Å². The number of aromatic nitrogens is 4. The number of rotatable bonds is 11. The number of fused-ring (bicyclic) bond motifs is 1. The third kappa shape index (κ3) is 6.46. The molecule has 2 aromatic carbocycles. The second-order valence-corrected chi connectivity index (χ2v) is 11.5. The molecule has 1 fully saturated rings. The summed E-state index contributed by atoms with van der Waals surface area (Å²) < 4.78 is 15.1. The van der Waals surface area contributed by atoms with Gasteiger partial charge >= 0.3 is 5.97 Å². The monoisotopic (exact) mass is 595 g/mol. The molecular weight excluding hydrogens is 554 g/mol. The standard InChI is InChI=1S/C35H41N5O4/c1-5-10-31-30(21-24-13-15-25(16-14-24)29-12-9-8-11-26(29)22-36)33(41)39(35-37-23(4)38-40(31)35)27-17-19-28(20-18-27)44-32(6-2)34(42)43-7-3/h8-9,11-16,27-28,32H,5-7,10,17-21H2,1-4H3. The van der Waals surface area contributed by atoms with Crippen molar-refractivity contribution in [1.82, 2.24) is 19.2 Å². The summed E-state index contributed by atoms with van der Waals surface area (Å²) >= 11 is 0. The molecule has 9 heteroatoms. The maximum atomic E-state index is 14.4. The average molecular weight is 596 g/mol. The van der Waals surface area contributed by atoms with E-state index in [9.17, 15) is 14.9 Å². The van der Waals surface area contributed by atoms with Gasteiger partial charge in [0.05, 0.1) is 30.0 Å². The van der Waals surface area contributed by atoms with Crippen molar-refractivity contribution in [2.24, 2.45) is 0 Å². The van der Waals surface area contributed by atoms with E-state index in [0.29, 0.717) is 43.0 Å². The van der Waals surface area contributed by atoms with E-state index < -0.39 is 6.10 Å². The molecule has 5 rings (SSSR count). The van der Waals surface area contributed by atoms with Crippen LogP contribution in [0.2, 0.25) is 0 Å². The Morgan fingerprint density at radius 1 is 1.07 bits per heavy atom. The summed E-state index contributed by atoms with van der Waals surface area (Å²) in [6.07, 6.45) is 4.95. The molecule has 1 aliphatic rings. The van der Waals surface area contributed by atoms with E-state index in [0.717, 1.165) is 60.1 Å². The van der Waals surface area contributed by atoms with Gasteiger partial charge < -0.3 is 9.47 Å². The van der Waals surface area contributed by atoms with Gasteiger partial charge in [-0.05, 0) is 75.1 Å². The first-order valence-corrected chi connectivity index (χ1v) is 15.8. The molecule has 2 heterocycles. The van der Waals surface area contributed by atoms with Crippen LogP contribution in [-0.4, -0.2) is 43.9 Å². The number of esters is 1. The van der Waals surface area contributed by atoms with Gasteiger partial charge in [-0.15, -0.1) is 0 Å². The molecule has 0 radical (unpaired) electrons. The molecule has 0 saturated heterocycles. The molecule has 9 nitrogen and oxygen atoms in total. The van der Waals surface area contributed by atoms with Crippen LogP contribution in [0.4, 0.5) is 0 Å². The van der Waals surface area contributed by atoms with Gasteiger partial charge in [0.1, 0.15) is 5.82 Å². The van der Waals surface area contributed by atoms with Crippen molar-refractivity contribution in [2.45, 2.75) is 97.3 Å². The summed E-state index contributed by atoms with van der Waals surface area (Å²) in [5, 5.41) is 14.3. The van der Waals surface area contributed by atoms with E-state index in [-0.39, 0.29) is 23.7 Å². The fourth-order valence-corrected chi connectivity index (χ4v) is 6.29. The lowest BCUT2D eigenvalue weighted by Gasteiger charge is -2.32. The first-order valence-electron chi connectivity index (χ1n) is 15.8. The van der Waals surface area contributed by atoms with E-state index in [4.69, 9.17) is 19.6 Å². The Labute approximate surface area is 258 Å². The van der Waals surface area contributed by atoms with Gasteiger partial charge in [-0.1, -0.05) is 62.7 Å². The second-order valence-electron chi connectivity index (χ2n) is 11.5. The Hall–Kier alpha value is -4.29. The van der Waals surface area contributed by atoms with Gasteiger partial charge in [-0.25, -0.2) is 9.31 Å². The normalized spacial score (nSPS) is 17.3. The molecular formula is C35H41N5O4. The van der Waals surface area contributed by atoms with Crippen LogP contribution in [0.1, 0.15) is 93.5 Å². The largest absolute Gasteiger partial charge is 0.464 e. The molecule has 4 aromatic rings. The van der Waals surface area contributed by atoms with E-state index in [1.54, 1.807) is 6.92 Å². The third-order valence-corrected chi connectivity index (χ3v) is 8.46. The number of nitrogens with zero attached hydrogens (tertiary/aromatic N) is 5. The molecule has 2 aromatic heterocycles. The SMILES string of the molecule is CCCc1c(Cc2ccc(-c3ccccc3C#N)cc2)c(=O)n(C2CCC(OC(CC)C(=O)OCC)CC2)c2nc(C)nn12. The van der Waals surface area contributed by atoms with Gasteiger partial charge in [0.25, 0.3) is 5.56 Å². The van der Waals surface area contributed by atoms with Crippen LogP contribution in [-0.2, 0) is 27.1 Å². The highest BCUT2D eigenvalue weighted by Crippen LogP contribution is 2.32. The van der Waals surface area contributed by atoms with E-state index in [1.165, 1.54) is 0 Å². The quantitative estimate of drug-likeness (QED) is 0.192. The van der Waals surface area contributed by atoms with E-state index in [2.05, 4.69) is 13.0 Å². The maximum Gasteiger partial charge on any atom is 0.335 e. The Morgan fingerprint density at radius 3 is 2.45 bits per heavy atom. The van der Waals surface area contributed by atoms with Crippen LogP contribution in [0.5, 0.6) is 0 Å². The van der Waals surface area contributed by atoms with Crippen LogP contribution < -0.4 is 5.56 Å². The number of hydrogen-bond donors (Lipinski definition) is 0.